The fourth-order valence-corrected chi connectivity index (χ4v) is 24.2. The third-order valence-electron chi connectivity index (χ3n) is 30.5. The zero-order valence-electron chi connectivity index (χ0n) is 81.6. The lowest BCUT2D eigenvalue weighted by Crippen LogP contribution is -2.54. The molecule has 13 aromatic rings. The summed E-state index contributed by atoms with van der Waals surface area (Å²) in [5.41, 5.74) is 14.0. The normalized spacial score (nSPS) is 20.1. The summed E-state index contributed by atoms with van der Waals surface area (Å²) < 4.78 is 6.95. The number of benzene rings is 4. The Morgan fingerprint density at radius 3 is 1.03 bits per heavy atom. The SMILES string of the molecule is CC(C)N1CCCC(C2CN(c3cnc4c(C#N)nn(C(C)c5ccc(Cl)cc5Cl)c4n3)C2)C1.CC(CCO)N1CCCC(C2CN(c3cnc4c(C#N)nn(C(C)c5ccc(Cl)cc5Cl)c4n3)C2)C1.CC(c1ccc(Cl)cc1Cl)n1nc(C#N)c2ncc(N3CC(C4CCCN(CCCC(N)=O)C4)C3)nc21.CC(c1ccc(Cl)cc1Cl)n1nc(C#N)c2ncc(N3CC(C4CCCN(Cc5ncc[nH]5)C4)C3)nc21. The number of anilines is 4. The van der Waals surface area contributed by atoms with Crippen molar-refractivity contribution >= 4 is 167 Å². The molecule has 17 heterocycles. The van der Waals surface area contributed by atoms with Crippen molar-refractivity contribution in [2.24, 2.45) is 53.1 Å². The number of fused-ring (bicyclic) bond motifs is 4. The Bertz CT molecular complexity index is 6960. The molecule has 0 aliphatic carbocycles. The Balaban J connectivity index is 0.000000126. The van der Waals surface area contributed by atoms with Crippen molar-refractivity contribution in [3.05, 3.63) is 201 Å². The first-order valence-corrected chi connectivity index (χ1v) is 52.8. The number of nitrogens with one attached hydrogen (secondary N) is 1. The van der Waals surface area contributed by atoms with Crippen molar-refractivity contribution in [1.29, 1.82) is 21.0 Å². The highest BCUT2D eigenvalue weighted by molar-refractivity contribution is 6.37. The number of rotatable bonds is 26. The van der Waals surface area contributed by atoms with Crippen LogP contribution in [0.3, 0.4) is 0 Å². The summed E-state index contributed by atoms with van der Waals surface area (Å²) in [6.45, 7) is 33.4. The quantitative estimate of drug-likeness (QED) is 0.0453. The lowest BCUT2D eigenvalue weighted by molar-refractivity contribution is -0.118. The Morgan fingerprint density at radius 2 is 0.729 bits per heavy atom. The fraction of sp³-hybridized carbons (Fsp3) is 0.495. The number of carbonyl (C=O) groups is 1. The van der Waals surface area contributed by atoms with Crippen LogP contribution in [0.4, 0.5) is 23.3 Å². The van der Waals surface area contributed by atoms with Gasteiger partial charge in [0.2, 0.25) is 5.91 Å². The zero-order valence-corrected chi connectivity index (χ0v) is 87.7. The Hall–Kier alpha value is -11.0. The van der Waals surface area contributed by atoms with E-state index in [4.69, 9.17) is 118 Å². The summed E-state index contributed by atoms with van der Waals surface area (Å²) in [7, 11) is 0. The monoisotopic (exact) mass is 2100 g/mol. The summed E-state index contributed by atoms with van der Waals surface area (Å²) in [6.07, 6.45) is 22.8. The molecule has 0 spiro atoms. The van der Waals surface area contributed by atoms with Gasteiger partial charge >= 0.3 is 0 Å². The summed E-state index contributed by atoms with van der Waals surface area (Å²) in [5, 5.41) is 70.4. The number of aliphatic hydroxyl groups excluding tert-OH is 1. The van der Waals surface area contributed by atoms with E-state index in [9.17, 15) is 30.9 Å². The van der Waals surface area contributed by atoms with Crippen LogP contribution < -0.4 is 25.3 Å². The first-order chi connectivity index (χ1) is 69.6. The summed E-state index contributed by atoms with van der Waals surface area (Å²) >= 11 is 50.2. The summed E-state index contributed by atoms with van der Waals surface area (Å²) in [6, 6.07) is 30.2. The molecule has 8 aliphatic heterocycles. The van der Waals surface area contributed by atoms with Gasteiger partial charge in [0.15, 0.2) is 45.4 Å². The van der Waals surface area contributed by atoms with E-state index < -0.39 is 0 Å². The van der Waals surface area contributed by atoms with Crippen molar-refractivity contribution in [1.82, 2.24) is 109 Å². The second-order valence-corrected chi connectivity index (χ2v) is 43.3. The van der Waals surface area contributed by atoms with Gasteiger partial charge in [-0.2, -0.15) is 41.4 Å². The molecule has 9 atom stereocenters. The minimum absolute atomic E-state index is 0.227. The molecule has 1 amide bonds. The van der Waals surface area contributed by atoms with E-state index in [1.54, 1.807) is 92.0 Å². The number of nitrogens with zero attached hydrogens (tertiary/aromatic N) is 29. The molecular weight excluding hydrogens is 1990 g/mol. The molecule has 21 rings (SSSR count). The predicted molar refractivity (Wildman–Crippen MR) is 563 cm³/mol. The van der Waals surface area contributed by atoms with Crippen LogP contribution in [0.25, 0.3) is 44.7 Å². The number of amides is 1. The third-order valence-corrected chi connectivity index (χ3v) is 32.7. The maximum Gasteiger partial charge on any atom is 0.217 e. The first-order valence-electron chi connectivity index (χ1n) is 49.8. The first kappa shape index (κ1) is 103. The highest BCUT2D eigenvalue weighted by atomic mass is 35.5. The molecule has 41 heteroatoms. The summed E-state index contributed by atoms with van der Waals surface area (Å²) in [4.78, 5) is 75.8. The van der Waals surface area contributed by atoms with Gasteiger partial charge < -0.3 is 50.1 Å². The van der Waals surface area contributed by atoms with E-state index in [1.807, 2.05) is 64.4 Å². The smallest absolute Gasteiger partial charge is 0.217 e. The highest BCUT2D eigenvalue weighted by Crippen LogP contribution is 2.44. The highest BCUT2D eigenvalue weighted by Gasteiger charge is 2.43. The van der Waals surface area contributed by atoms with Crippen LogP contribution >= 0.6 is 92.8 Å². The van der Waals surface area contributed by atoms with Crippen LogP contribution in [0.1, 0.15) is 194 Å². The molecule has 4 aromatic carbocycles. The molecule has 4 N–H and O–H groups in total. The molecule has 8 saturated heterocycles. The number of aromatic nitrogens is 18. The van der Waals surface area contributed by atoms with Crippen molar-refractivity contribution in [2.45, 2.75) is 162 Å². The third kappa shape index (κ3) is 22.6. The lowest BCUT2D eigenvalue weighted by atomic mass is 9.80. The number of H-pyrrole nitrogens is 1. The number of hydrogen-bond acceptors (Lipinski definition) is 27. The number of carbonyl (C=O) groups excluding carboxylic acids is 1. The molecule has 9 aromatic heterocycles. The number of nitrogens with two attached hydrogens (primary N) is 1. The van der Waals surface area contributed by atoms with Gasteiger partial charge in [-0.25, -0.2) is 63.6 Å². The number of nitriles is 4. The van der Waals surface area contributed by atoms with Gasteiger partial charge in [-0.3, -0.25) is 9.69 Å². The molecule has 0 bridgehead atoms. The number of likely N-dealkylation sites (tertiary alicyclic amines) is 4. The number of hydrogen-bond donors (Lipinski definition) is 3. The van der Waals surface area contributed by atoms with Gasteiger partial charge in [0.25, 0.3) is 0 Å². The van der Waals surface area contributed by atoms with E-state index >= 15 is 0 Å². The van der Waals surface area contributed by atoms with E-state index in [-0.39, 0.29) is 59.5 Å². The van der Waals surface area contributed by atoms with Gasteiger partial charge in [0.05, 0.1) is 55.5 Å². The van der Waals surface area contributed by atoms with Crippen LogP contribution in [0.2, 0.25) is 40.2 Å². The molecule has 33 nitrogen and oxygen atoms in total. The van der Waals surface area contributed by atoms with Crippen molar-refractivity contribution in [3.63, 3.8) is 0 Å². The second kappa shape index (κ2) is 45.6. The van der Waals surface area contributed by atoms with Gasteiger partial charge in [-0.1, -0.05) is 117 Å². The molecular formula is C103H117Cl8N31O2. The molecule has 9 unspecified atom stereocenters. The van der Waals surface area contributed by atoms with Crippen LogP contribution in [-0.4, -0.2) is 250 Å². The molecule has 8 aliphatic rings. The summed E-state index contributed by atoms with van der Waals surface area (Å²) in [5.74, 6) is 9.29. The maximum atomic E-state index is 11.1. The number of halogens is 8. The van der Waals surface area contributed by atoms with Crippen LogP contribution in [-0.2, 0) is 11.3 Å². The standard InChI is InChI=1S/C26H27Cl2N9.C26H30Cl2N8O.C26H31Cl2N7O.C25H29Cl2N7/c1-16(20-5-4-19(27)9-21(20)28)37-26-25(22(10-29)34-37)32-11-24(33-26)36-13-18(14-36)17-3-2-8-35(12-17)15-23-30-6-7-31-23;1-16(20-7-6-19(27)10-21(20)28)36-26-25(22(11-29)33-36)31-12-24(32-26)35-14-18(15-35)17-4-2-8-34(13-17)9-3-5-23(30)37;1-16(7-9-36)33-8-3-4-18(13-33)19-14-34(15-19)24-12-30-25-23(11-29)32-35(26(25)31-24)17(2)21-6-5-20(27)10-22(21)28;1-15(2)32-8-4-5-17(12-32)18-13-33(14-18)23-11-29-24-22(10-28)31-34(25(24)30-23)16(3)20-7-6-19(26)9-21(20)27/h4-7,9,11,16-18H,2-3,8,12-15H2,1H3,(H,30,31);6-7,10,12,16-18H,2-5,8-9,13-15H2,1H3,(H2,30,37);5-6,10,12,16-19,36H,3-4,7-9,13-15H2,1-2H3;6-7,9,11,15-18H,4-5,8,12-14H2,1-3H3. The van der Waals surface area contributed by atoms with Crippen LogP contribution in [0, 0.1) is 92.7 Å². The molecule has 752 valence electrons. The van der Waals surface area contributed by atoms with E-state index in [0.29, 0.717) is 145 Å². The van der Waals surface area contributed by atoms with Gasteiger partial charge in [0, 0.05) is 156 Å². The Kier molecular flexibility index (Phi) is 32.6. The zero-order chi connectivity index (χ0) is 101. The Morgan fingerprint density at radius 1 is 0.417 bits per heavy atom. The van der Waals surface area contributed by atoms with Crippen molar-refractivity contribution < 1.29 is 9.90 Å². The van der Waals surface area contributed by atoms with Gasteiger partial charge in [-0.15, -0.1) is 0 Å². The second-order valence-electron chi connectivity index (χ2n) is 39.9. The lowest BCUT2D eigenvalue weighted by Gasteiger charge is -2.48. The Labute approximate surface area is 877 Å². The fourth-order valence-electron chi connectivity index (χ4n) is 21.9. The average Bonchev–Trinajstić information content (AvgIpc) is 1.58. The van der Waals surface area contributed by atoms with Gasteiger partial charge in [-0.05, 0) is 264 Å². The van der Waals surface area contributed by atoms with Crippen LogP contribution in [0.15, 0.2) is 110 Å². The van der Waals surface area contributed by atoms with Crippen LogP contribution in [0.5, 0.6) is 0 Å². The largest absolute Gasteiger partial charge is 0.396 e. The van der Waals surface area contributed by atoms with E-state index in [2.05, 4.69) is 135 Å². The average molecular weight is 2100 g/mol. The topological polar surface area (TPSA) is 387 Å². The number of primary amides is 1. The molecule has 0 saturated carbocycles. The number of aromatic amines is 1. The molecule has 8 fully saturated rings. The number of aliphatic hydroxyl groups is 1. The minimum atomic E-state index is -0.258. The molecule has 144 heavy (non-hydrogen) atoms. The van der Waals surface area contributed by atoms with E-state index in [1.165, 1.54) is 64.5 Å². The maximum absolute atomic E-state index is 11.1. The van der Waals surface area contributed by atoms with Crippen molar-refractivity contribution in [3.8, 4) is 24.3 Å². The number of piperidine rings is 4. The van der Waals surface area contributed by atoms with Gasteiger partial charge in [0.1, 0.15) is 75.4 Å². The minimum Gasteiger partial charge on any atom is -0.396 e. The molecule has 0 radical (unpaired) electrons. The van der Waals surface area contributed by atoms with E-state index in [0.717, 1.165) is 175 Å². The predicted octanol–water partition coefficient (Wildman–Crippen LogP) is 18.4. The number of imidazole rings is 1. The van der Waals surface area contributed by atoms with Crippen molar-refractivity contribution in [2.75, 3.05) is 137 Å².